The molecule has 0 radical (unpaired) electrons. The van der Waals surface area contributed by atoms with E-state index in [0.29, 0.717) is 23.0 Å². The number of carboxylic acids is 1. The van der Waals surface area contributed by atoms with Crippen molar-refractivity contribution < 1.29 is 31.2 Å². The summed E-state index contributed by atoms with van der Waals surface area (Å²) in [6, 6.07) is 11.6. The van der Waals surface area contributed by atoms with E-state index in [1.54, 1.807) is 42.5 Å². The van der Waals surface area contributed by atoms with Gasteiger partial charge >= 0.3 is 5.97 Å². The van der Waals surface area contributed by atoms with Crippen LogP contribution < -0.4 is 4.72 Å². The molecule has 2 aromatic carbocycles. The number of rotatable bonds is 9. The molecule has 8 nitrogen and oxygen atoms in total. The van der Waals surface area contributed by atoms with Gasteiger partial charge in [0.1, 0.15) is 17.4 Å². The van der Waals surface area contributed by atoms with Gasteiger partial charge in [0.05, 0.1) is 16.4 Å². The third-order valence-corrected chi connectivity index (χ3v) is 8.92. The number of hydrogen-bond donors (Lipinski definition) is 2. The van der Waals surface area contributed by atoms with E-state index in [1.165, 1.54) is 6.07 Å². The molecule has 1 atom stereocenters. The van der Waals surface area contributed by atoms with Gasteiger partial charge in [-0.2, -0.15) is 4.72 Å². The van der Waals surface area contributed by atoms with Crippen molar-refractivity contribution >= 4 is 36.8 Å². The third kappa shape index (κ3) is 5.29. The Bertz CT molecular complexity index is 1380. The number of aryl methyl sites for hydroxylation is 2. The quantitative estimate of drug-likeness (QED) is 0.470. The van der Waals surface area contributed by atoms with Crippen LogP contribution in [-0.2, 0) is 43.2 Å². The van der Waals surface area contributed by atoms with E-state index in [4.69, 9.17) is 4.42 Å². The number of aliphatic carboxylic acids is 1. The van der Waals surface area contributed by atoms with E-state index in [2.05, 4.69) is 4.72 Å². The Balaban J connectivity index is 1.56. The zero-order valence-corrected chi connectivity index (χ0v) is 19.5. The predicted molar refractivity (Wildman–Crippen MR) is 123 cm³/mol. The van der Waals surface area contributed by atoms with E-state index in [0.717, 1.165) is 30.6 Å². The number of sulfone groups is 1. The van der Waals surface area contributed by atoms with Crippen LogP contribution in [0.1, 0.15) is 36.1 Å². The molecule has 0 amide bonds. The Kier molecular flexibility index (Phi) is 6.60. The summed E-state index contributed by atoms with van der Waals surface area (Å²) in [7, 11) is -7.88. The van der Waals surface area contributed by atoms with Crippen LogP contribution in [0, 0.1) is 0 Å². The van der Waals surface area contributed by atoms with Gasteiger partial charge in [-0.3, -0.25) is 4.79 Å². The molecule has 0 fully saturated rings. The van der Waals surface area contributed by atoms with Crippen molar-refractivity contribution in [2.75, 3.05) is 5.75 Å². The molecule has 3 aromatic rings. The van der Waals surface area contributed by atoms with E-state index >= 15 is 0 Å². The lowest BCUT2D eigenvalue weighted by Crippen LogP contribution is -2.42. The second-order valence-corrected chi connectivity index (χ2v) is 12.1. The Morgan fingerprint density at radius 3 is 2.45 bits per heavy atom. The second kappa shape index (κ2) is 9.28. The van der Waals surface area contributed by atoms with Crippen molar-refractivity contribution in [3.8, 4) is 0 Å². The van der Waals surface area contributed by atoms with Gasteiger partial charge in [0, 0.05) is 17.4 Å². The summed E-state index contributed by atoms with van der Waals surface area (Å²) in [6.07, 6.45) is 2.91. The lowest BCUT2D eigenvalue weighted by atomic mass is 9.96. The van der Waals surface area contributed by atoms with Crippen molar-refractivity contribution in [3.63, 3.8) is 0 Å². The first kappa shape index (κ1) is 23.5. The number of nitrogens with one attached hydrogen (secondary N) is 1. The molecule has 0 unspecified atom stereocenters. The monoisotopic (exact) mass is 491 g/mol. The molecule has 10 heteroatoms. The van der Waals surface area contributed by atoms with Crippen LogP contribution in [0.4, 0.5) is 0 Å². The first-order chi connectivity index (χ1) is 15.7. The fourth-order valence-electron chi connectivity index (χ4n) is 4.19. The van der Waals surface area contributed by atoms with Crippen LogP contribution in [0.15, 0.2) is 57.8 Å². The van der Waals surface area contributed by atoms with Crippen LogP contribution in [0.5, 0.6) is 0 Å². The minimum Gasteiger partial charge on any atom is -0.480 e. The third-order valence-electron chi connectivity index (χ3n) is 5.77. The molecule has 33 heavy (non-hydrogen) atoms. The van der Waals surface area contributed by atoms with Crippen LogP contribution in [-0.4, -0.2) is 39.7 Å². The lowest BCUT2D eigenvalue weighted by Gasteiger charge is -2.16. The smallest absolute Gasteiger partial charge is 0.321 e. The molecule has 0 bridgehead atoms. The molecule has 1 aromatic heterocycles. The summed E-state index contributed by atoms with van der Waals surface area (Å²) in [4.78, 5) is 11.7. The van der Waals surface area contributed by atoms with Gasteiger partial charge in [-0.05, 0) is 43.4 Å². The summed E-state index contributed by atoms with van der Waals surface area (Å²) in [6.45, 7) is 0. The summed E-state index contributed by atoms with van der Waals surface area (Å²) in [5.41, 5.74) is 1.87. The average molecular weight is 492 g/mol. The summed E-state index contributed by atoms with van der Waals surface area (Å²) in [5.74, 6) is -1.38. The predicted octanol–water partition coefficient (Wildman–Crippen LogP) is 3.05. The van der Waals surface area contributed by atoms with Gasteiger partial charge in [-0.15, -0.1) is 0 Å². The largest absolute Gasteiger partial charge is 0.480 e. The second-order valence-electron chi connectivity index (χ2n) is 8.22. The zero-order valence-electron chi connectivity index (χ0n) is 17.9. The Morgan fingerprint density at radius 1 is 1.00 bits per heavy atom. The summed E-state index contributed by atoms with van der Waals surface area (Å²) < 4.78 is 59.4. The highest BCUT2D eigenvalue weighted by atomic mass is 32.2. The number of carboxylic acid groups (broad SMARTS) is 1. The number of carbonyl (C=O) groups is 1. The van der Waals surface area contributed by atoms with Crippen LogP contribution in [0.3, 0.4) is 0 Å². The number of benzene rings is 2. The van der Waals surface area contributed by atoms with Crippen molar-refractivity contribution in [1.29, 1.82) is 0 Å². The van der Waals surface area contributed by atoms with E-state index in [-0.39, 0.29) is 17.1 Å². The number of furan rings is 1. The van der Waals surface area contributed by atoms with Gasteiger partial charge in [-0.1, -0.05) is 36.4 Å². The van der Waals surface area contributed by atoms with Gasteiger partial charge in [0.15, 0.2) is 9.84 Å². The normalized spacial score (nSPS) is 15.3. The topological polar surface area (TPSA) is 131 Å². The molecule has 0 spiro atoms. The average Bonchev–Trinajstić information content (AvgIpc) is 3.15. The van der Waals surface area contributed by atoms with Crippen LogP contribution in [0.2, 0.25) is 0 Å². The molecule has 1 aliphatic carbocycles. The van der Waals surface area contributed by atoms with Crippen molar-refractivity contribution in [2.24, 2.45) is 0 Å². The van der Waals surface area contributed by atoms with Crippen molar-refractivity contribution in [3.05, 3.63) is 65.4 Å². The standard InChI is InChI=1S/C23H25NO7S2/c25-23(26)18(13-14-32(27,28)15-16-7-2-1-3-8-16)24-33(29,30)21-12-6-11-20-22(21)17-9-4-5-10-19(17)31-20/h1-3,6-8,11-12,18,24H,4-5,9-10,13-15H2,(H,25,26)/t18-/m0/s1. The Hall–Kier alpha value is -2.69. The molecule has 0 aliphatic heterocycles. The van der Waals surface area contributed by atoms with E-state index in [1.807, 2.05) is 0 Å². The fraction of sp³-hybridized carbons (Fsp3) is 0.348. The minimum absolute atomic E-state index is 0.0507. The Labute approximate surface area is 192 Å². The highest BCUT2D eigenvalue weighted by molar-refractivity contribution is 7.90. The molecule has 176 valence electrons. The lowest BCUT2D eigenvalue weighted by molar-refractivity contribution is -0.139. The number of sulfonamides is 1. The highest BCUT2D eigenvalue weighted by Crippen LogP contribution is 2.35. The number of hydrogen-bond acceptors (Lipinski definition) is 6. The molecule has 4 rings (SSSR count). The zero-order chi connectivity index (χ0) is 23.6. The number of fused-ring (bicyclic) bond motifs is 3. The first-order valence-electron chi connectivity index (χ1n) is 10.7. The highest BCUT2D eigenvalue weighted by Gasteiger charge is 2.30. The van der Waals surface area contributed by atoms with E-state index in [9.17, 15) is 26.7 Å². The molecule has 2 N–H and O–H groups in total. The Morgan fingerprint density at radius 2 is 1.73 bits per heavy atom. The van der Waals surface area contributed by atoms with Crippen molar-refractivity contribution in [2.45, 2.75) is 48.8 Å². The molecule has 0 saturated carbocycles. The minimum atomic E-state index is -4.25. The maximum Gasteiger partial charge on any atom is 0.321 e. The van der Waals surface area contributed by atoms with Gasteiger partial charge in [-0.25, -0.2) is 16.8 Å². The van der Waals surface area contributed by atoms with Gasteiger partial charge in [0.2, 0.25) is 10.0 Å². The SMILES string of the molecule is O=C(O)[C@H](CCS(=O)(=O)Cc1ccccc1)NS(=O)(=O)c1cccc2oc3c(c12)CCCC3. The van der Waals surface area contributed by atoms with Gasteiger partial charge < -0.3 is 9.52 Å². The summed E-state index contributed by atoms with van der Waals surface area (Å²) in [5, 5.41) is 10.1. The van der Waals surface area contributed by atoms with E-state index < -0.39 is 37.6 Å². The molecule has 0 saturated heterocycles. The summed E-state index contributed by atoms with van der Waals surface area (Å²) >= 11 is 0. The fourth-order valence-corrected chi connectivity index (χ4v) is 7.10. The maximum absolute atomic E-state index is 13.2. The van der Waals surface area contributed by atoms with Gasteiger partial charge in [0.25, 0.3) is 0 Å². The molecule has 1 aliphatic rings. The molecular weight excluding hydrogens is 466 g/mol. The first-order valence-corrected chi connectivity index (χ1v) is 14.0. The van der Waals surface area contributed by atoms with Crippen LogP contribution in [0.25, 0.3) is 11.0 Å². The maximum atomic E-state index is 13.2. The van der Waals surface area contributed by atoms with Crippen molar-refractivity contribution in [1.82, 2.24) is 4.72 Å². The van der Waals surface area contributed by atoms with Crippen LogP contribution >= 0.6 is 0 Å². The molecule has 1 heterocycles. The molecular formula is C23H25NO7S2.